The average molecular weight is 313 g/mol. The van der Waals surface area contributed by atoms with Crippen LogP contribution in [0.5, 0.6) is 0 Å². The van der Waals surface area contributed by atoms with Crippen molar-refractivity contribution in [1.29, 1.82) is 0 Å². The Morgan fingerprint density at radius 2 is 2.04 bits per heavy atom. The summed E-state index contributed by atoms with van der Waals surface area (Å²) < 4.78 is 3.54. The number of hydrogen-bond acceptors (Lipinski definition) is 5. The molecule has 1 N–H and O–H groups in total. The maximum atomic E-state index is 12.5. The Morgan fingerprint density at radius 1 is 1.26 bits per heavy atom. The lowest BCUT2D eigenvalue weighted by molar-refractivity contribution is 0.0938. The second-order valence-corrected chi connectivity index (χ2v) is 5.84. The highest BCUT2D eigenvalue weighted by atomic mass is 16.1. The molecular weight excluding hydrogens is 294 g/mol. The number of nitrogens with zero attached hydrogens (tertiary/aromatic N) is 6. The highest BCUT2D eigenvalue weighted by molar-refractivity contribution is 5.99. The van der Waals surface area contributed by atoms with E-state index in [9.17, 15) is 4.79 Å². The van der Waals surface area contributed by atoms with Crippen molar-refractivity contribution in [2.75, 3.05) is 0 Å². The van der Waals surface area contributed by atoms with E-state index in [4.69, 9.17) is 0 Å². The van der Waals surface area contributed by atoms with Gasteiger partial charge in [0, 0.05) is 18.4 Å². The van der Waals surface area contributed by atoms with Crippen LogP contribution in [0.1, 0.15) is 54.6 Å². The molecule has 3 aromatic heterocycles. The second-order valence-electron chi connectivity index (χ2n) is 5.84. The molecular formula is C15H19N7O. The summed E-state index contributed by atoms with van der Waals surface area (Å²) in [7, 11) is 0. The molecule has 0 aliphatic carbocycles. The minimum absolute atomic E-state index is 0.223. The molecule has 0 spiro atoms. The molecule has 0 aliphatic heterocycles. The van der Waals surface area contributed by atoms with Gasteiger partial charge in [-0.1, -0.05) is 0 Å². The van der Waals surface area contributed by atoms with Gasteiger partial charge in [0.05, 0.1) is 12.2 Å². The fourth-order valence-electron chi connectivity index (χ4n) is 2.43. The molecule has 1 unspecified atom stereocenters. The van der Waals surface area contributed by atoms with Crippen LogP contribution in [0.3, 0.4) is 0 Å². The van der Waals surface area contributed by atoms with E-state index in [-0.39, 0.29) is 18.0 Å². The summed E-state index contributed by atoms with van der Waals surface area (Å²) in [5.41, 5.74) is 1.95. The van der Waals surface area contributed by atoms with E-state index < -0.39 is 0 Å². The molecule has 0 aromatic carbocycles. The SMILES string of the molecule is Cc1cnc2c(C(=O)NC(C)c3nncn3C(C)C)cnn2c1. The van der Waals surface area contributed by atoms with Crippen molar-refractivity contribution in [2.45, 2.75) is 39.8 Å². The lowest BCUT2D eigenvalue weighted by Gasteiger charge is -2.16. The summed E-state index contributed by atoms with van der Waals surface area (Å²) in [5, 5.41) is 15.1. The number of rotatable bonds is 4. The van der Waals surface area contributed by atoms with E-state index in [1.165, 1.54) is 6.20 Å². The lowest BCUT2D eigenvalue weighted by atomic mass is 10.2. The molecule has 3 aromatic rings. The molecule has 0 saturated carbocycles. The number of carbonyl (C=O) groups excluding carboxylic acids is 1. The van der Waals surface area contributed by atoms with Crippen molar-refractivity contribution in [3.63, 3.8) is 0 Å². The van der Waals surface area contributed by atoms with Crippen LogP contribution in [-0.2, 0) is 0 Å². The number of aryl methyl sites for hydroxylation is 1. The minimum Gasteiger partial charge on any atom is -0.342 e. The summed E-state index contributed by atoms with van der Waals surface area (Å²) in [6, 6.07) is -0.0474. The van der Waals surface area contributed by atoms with Gasteiger partial charge in [0.15, 0.2) is 11.5 Å². The molecule has 0 fully saturated rings. The first-order chi connectivity index (χ1) is 11.0. The maximum Gasteiger partial charge on any atom is 0.257 e. The normalized spacial score (nSPS) is 12.7. The van der Waals surface area contributed by atoms with Crippen molar-refractivity contribution in [3.05, 3.63) is 41.9 Å². The van der Waals surface area contributed by atoms with Gasteiger partial charge < -0.3 is 9.88 Å². The largest absolute Gasteiger partial charge is 0.342 e. The number of fused-ring (bicyclic) bond motifs is 1. The van der Waals surface area contributed by atoms with E-state index in [0.717, 1.165) is 5.56 Å². The van der Waals surface area contributed by atoms with Crippen LogP contribution in [0.15, 0.2) is 24.9 Å². The Bertz CT molecular complexity index is 849. The molecule has 0 bridgehead atoms. The zero-order valence-electron chi connectivity index (χ0n) is 13.6. The molecule has 120 valence electrons. The molecule has 3 heterocycles. The van der Waals surface area contributed by atoms with Crippen LogP contribution < -0.4 is 5.32 Å². The molecule has 0 radical (unpaired) electrons. The molecule has 23 heavy (non-hydrogen) atoms. The van der Waals surface area contributed by atoms with Crippen LogP contribution >= 0.6 is 0 Å². The summed E-state index contributed by atoms with van der Waals surface area (Å²) in [4.78, 5) is 16.8. The van der Waals surface area contributed by atoms with Crippen molar-refractivity contribution in [3.8, 4) is 0 Å². The Morgan fingerprint density at radius 3 is 2.78 bits per heavy atom. The second kappa shape index (κ2) is 5.79. The zero-order chi connectivity index (χ0) is 16.6. The van der Waals surface area contributed by atoms with Gasteiger partial charge in [0.2, 0.25) is 0 Å². The van der Waals surface area contributed by atoms with E-state index in [2.05, 4.69) is 25.6 Å². The first-order valence-corrected chi connectivity index (χ1v) is 7.47. The summed E-state index contributed by atoms with van der Waals surface area (Å²) >= 11 is 0. The molecule has 8 nitrogen and oxygen atoms in total. The molecule has 8 heteroatoms. The van der Waals surface area contributed by atoms with Gasteiger partial charge in [0.25, 0.3) is 5.91 Å². The summed E-state index contributed by atoms with van der Waals surface area (Å²) in [6.45, 7) is 7.89. The van der Waals surface area contributed by atoms with Crippen LogP contribution in [0.25, 0.3) is 5.65 Å². The van der Waals surface area contributed by atoms with Gasteiger partial charge in [-0.25, -0.2) is 9.50 Å². The predicted molar refractivity (Wildman–Crippen MR) is 84.0 cm³/mol. The standard InChI is InChI=1S/C15H19N7O/c1-9(2)21-8-17-20-13(21)11(4)19-15(23)12-6-18-22-7-10(3)5-16-14(12)22/h5-9,11H,1-4H3,(H,19,23). The van der Waals surface area contributed by atoms with E-state index in [0.29, 0.717) is 17.0 Å². The van der Waals surface area contributed by atoms with Gasteiger partial charge in [-0.15, -0.1) is 10.2 Å². The number of nitrogens with one attached hydrogen (secondary N) is 1. The highest BCUT2D eigenvalue weighted by Gasteiger charge is 2.20. The van der Waals surface area contributed by atoms with Crippen LogP contribution in [0.2, 0.25) is 0 Å². The topological polar surface area (TPSA) is 90.0 Å². The van der Waals surface area contributed by atoms with Gasteiger partial charge in [-0.2, -0.15) is 5.10 Å². The zero-order valence-corrected chi connectivity index (χ0v) is 13.6. The van der Waals surface area contributed by atoms with Gasteiger partial charge in [-0.05, 0) is 33.3 Å². The average Bonchev–Trinajstić information content (AvgIpc) is 3.13. The Labute approximate surface area is 133 Å². The van der Waals surface area contributed by atoms with E-state index >= 15 is 0 Å². The fourth-order valence-corrected chi connectivity index (χ4v) is 2.43. The molecule has 1 amide bonds. The number of carbonyl (C=O) groups is 1. The van der Waals surface area contributed by atoms with Crippen molar-refractivity contribution >= 4 is 11.6 Å². The van der Waals surface area contributed by atoms with Crippen LogP contribution in [0, 0.1) is 6.92 Å². The third kappa shape index (κ3) is 2.79. The maximum absolute atomic E-state index is 12.5. The first kappa shape index (κ1) is 15.1. The third-order valence-corrected chi connectivity index (χ3v) is 3.62. The number of hydrogen-bond donors (Lipinski definition) is 1. The molecule has 3 rings (SSSR count). The number of aromatic nitrogens is 6. The Hall–Kier alpha value is -2.77. The highest BCUT2D eigenvalue weighted by Crippen LogP contribution is 2.16. The fraction of sp³-hybridized carbons (Fsp3) is 0.400. The molecule has 0 aliphatic rings. The van der Waals surface area contributed by atoms with Crippen LogP contribution in [0.4, 0.5) is 0 Å². The Balaban J connectivity index is 1.84. The monoisotopic (exact) mass is 313 g/mol. The lowest BCUT2D eigenvalue weighted by Crippen LogP contribution is -2.29. The van der Waals surface area contributed by atoms with Gasteiger partial charge in [-0.3, -0.25) is 4.79 Å². The summed E-state index contributed by atoms with van der Waals surface area (Å²) in [5.74, 6) is 0.482. The third-order valence-electron chi connectivity index (χ3n) is 3.62. The van der Waals surface area contributed by atoms with Gasteiger partial charge in [0.1, 0.15) is 11.9 Å². The van der Waals surface area contributed by atoms with Crippen molar-refractivity contribution in [2.24, 2.45) is 0 Å². The first-order valence-electron chi connectivity index (χ1n) is 7.47. The van der Waals surface area contributed by atoms with Crippen LogP contribution in [-0.4, -0.2) is 35.3 Å². The Kier molecular flexibility index (Phi) is 3.81. The number of amides is 1. The van der Waals surface area contributed by atoms with E-state index in [1.807, 2.05) is 38.5 Å². The minimum atomic E-state index is -0.271. The quantitative estimate of drug-likeness (QED) is 0.792. The van der Waals surface area contributed by atoms with E-state index in [1.54, 1.807) is 17.0 Å². The van der Waals surface area contributed by atoms with Gasteiger partial charge >= 0.3 is 0 Å². The smallest absolute Gasteiger partial charge is 0.257 e. The van der Waals surface area contributed by atoms with Crippen molar-refractivity contribution in [1.82, 2.24) is 34.7 Å². The molecule has 1 atom stereocenters. The summed E-state index contributed by atoms with van der Waals surface area (Å²) in [6.07, 6.45) is 6.74. The molecule has 0 saturated heterocycles. The van der Waals surface area contributed by atoms with Crippen molar-refractivity contribution < 1.29 is 4.79 Å². The predicted octanol–water partition coefficient (Wildman–Crippen LogP) is 1.70.